The van der Waals surface area contributed by atoms with Crippen molar-refractivity contribution in [1.82, 2.24) is 40.5 Å². The van der Waals surface area contributed by atoms with Crippen molar-refractivity contribution >= 4 is 16.9 Å². The number of aromatic nitrogens is 7. The molecule has 11 heteroatoms. The first-order valence-electron chi connectivity index (χ1n) is 13.6. The number of pyridine rings is 1. The highest BCUT2D eigenvalue weighted by Gasteiger charge is 2.30. The number of furan rings is 1. The zero-order valence-corrected chi connectivity index (χ0v) is 22.6. The Morgan fingerprint density at radius 3 is 2.80 bits per heavy atom. The maximum Gasteiger partial charge on any atom is 0.273 e. The minimum Gasteiger partial charge on any atom is -0.472 e. The lowest BCUT2D eigenvalue weighted by Gasteiger charge is -2.16. The third kappa shape index (κ3) is 5.64. The number of fused-ring (bicyclic) bond motifs is 1. The number of aliphatic hydroxyl groups is 1. The van der Waals surface area contributed by atoms with Crippen molar-refractivity contribution in [2.45, 2.75) is 70.6 Å². The molecule has 1 aliphatic carbocycles. The molecule has 5 aromatic heterocycles. The largest absolute Gasteiger partial charge is 0.472 e. The molecule has 3 N–H and O–H groups in total. The number of hydrogen-bond donors (Lipinski definition) is 3. The molecule has 0 spiro atoms. The van der Waals surface area contributed by atoms with E-state index >= 15 is 0 Å². The van der Waals surface area contributed by atoms with Gasteiger partial charge in [0.15, 0.2) is 11.3 Å². The minimum absolute atomic E-state index is 0.267. The van der Waals surface area contributed by atoms with Gasteiger partial charge in [-0.05, 0) is 75.6 Å². The molecule has 11 nitrogen and oxygen atoms in total. The van der Waals surface area contributed by atoms with Crippen LogP contribution in [0.15, 0.2) is 53.6 Å². The van der Waals surface area contributed by atoms with E-state index in [9.17, 15) is 9.90 Å². The lowest BCUT2D eigenvalue weighted by atomic mass is 10.0. The van der Waals surface area contributed by atoms with E-state index in [1.165, 1.54) is 24.1 Å². The van der Waals surface area contributed by atoms with Crippen LogP contribution in [0, 0.1) is 0 Å². The SMILES string of the molecule is CC(C)(O)c1ccc(CNC(=O)c2cn(CCCCc3cc4c(-c5ccoc5)c(C5CC5)[nH]c4nn3)nn2)cn1. The molecule has 40 heavy (non-hydrogen) atoms. The fraction of sp³-hybridized carbons (Fsp3) is 0.379. The van der Waals surface area contributed by atoms with Gasteiger partial charge in [-0.2, -0.15) is 5.10 Å². The van der Waals surface area contributed by atoms with Gasteiger partial charge in [0.25, 0.3) is 5.91 Å². The molecule has 0 bridgehead atoms. The van der Waals surface area contributed by atoms with Gasteiger partial charge in [-0.3, -0.25) is 14.5 Å². The number of aryl methyl sites for hydroxylation is 2. The Hall–Kier alpha value is -4.38. The monoisotopic (exact) mass is 540 g/mol. The molecular weight excluding hydrogens is 508 g/mol. The topological polar surface area (TPSA) is 148 Å². The van der Waals surface area contributed by atoms with E-state index in [2.05, 4.69) is 41.9 Å². The number of H-pyrrole nitrogens is 1. The fourth-order valence-electron chi connectivity index (χ4n) is 4.82. The molecule has 0 atom stereocenters. The predicted molar refractivity (Wildman–Crippen MR) is 147 cm³/mol. The van der Waals surface area contributed by atoms with E-state index in [0.717, 1.165) is 47.1 Å². The quantitative estimate of drug-likeness (QED) is 0.211. The van der Waals surface area contributed by atoms with Crippen LogP contribution < -0.4 is 5.32 Å². The second-order valence-electron chi connectivity index (χ2n) is 10.9. The maximum absolute atomic E-state index is 12.5. The number of aromatic amines is 1. The molecule has 6 rings (SSSR count). The number of carbonyl (C=O) groups is 1. The van der Waals surface area contributed by atoms with Crippen molar-refractivity contribution in [1.29, 1.82) is 0 Å². The van der Waals surface area contributed by atoms with E-state index in [1.54, 1.807) is 49.5 Å². The van der Waals surface area contributed by atoms with Crippen LogP contribution in [0.5, 0.6) is 0 Å². The Kier molecular flexibility index (Phi) is 6.89. The van der Waals surface area contributed by atoms with Crippen LogP contribution in [-0.4, -0.2) is 46.2 Å². The maximum atomic E-state index is 12.5. The van der Waals surface area contributed by atoms with Crippen molar-refractivity contribution < 1.29 is 14.3 Å². The van der Waals surface area contributed by atoms with Gasteiger partial charge < -0.3 is 19.8 Å². The van der Waals surface area contributed by atoms with Gasteiger partial charge in [-0.1, -0.05) is 11.3 Å². The first kappa shape index (κ1) is 25.9. The Morgan fingerprint density at radius 1 is 1.20 bits per heavy atom. The molecule has 1 fully saturated rings. The molecule has 1 aliphatic rings. The summed E-state index contributed by atoms with van der Waals surface area (Å²) in [5, 5.41) is 31.0. The number of nitrogens with one attached hydrogen (secondary N) is 2. The molecule has 0 radical (unpaired) electrons. The van der Waals surface area contributed by atoms with Crippen molar-refractivity contribution in [3.8, 4) is 11.1 Å². The number of nitrogens with zero attached hydrogens (tertiary/aromatic N) is 6. The summed E-state index contributed by atoms with van der Waals surface area (Å²) in [5.41, 5.74) is 5.90. The van der Waals surface area contributed by atoms with Gasteiger partial charge in [0, 0.05) is 41.5 Å². The van der Waals surface area contributed by atoms with E-state index in [-0.39, 0.29) is 11.6 Å². The second kappa shape index (κ2) is 10.6. The van der Waals surface area contributed by atoms with Gasteiger partial charge in [0.05, 0.1) is 30.1 Å². The Labute approximate surface area is 231 Å². The number of amides is 1. The van der Waals surface area contributed by atoms with E-state index in [1.807, 2.05) is 12.1 Å². The first-order valence-corrected chi connectivity index (χ1v) is 13.6. The summed E-state index contributed by atoms with van der Waals surface area (Å²) >= 11 is 0. The minimum atomic E-state index is -1.01. The third-order valence-corrected chi connectivity index (χ3v) is 7.18. The summed E-state index contributed by atoms with van der Waals surface area (Å²) < 4.78 is 7.05. The average Bonchev–Trinajstić information content (AvgIpc) is 3.30. The molecule has 0 unspecified atom stereocenters. The summed E-state index contributed by atoms with van der Waals surface area (Å²) in [6.07, 6.45) is 11.7. The first-order chi connectivity index (χ1) is 19.3. The van der Waals surface area contributed by atoms with Crippen LogP contribution in [0.2, 0.25) is 0 Å². The Bertz CT molecular complexity index is 1610. The molecule has 206 valence electrons. The second-order valence-corrected chi connectivity index (χ2v) is 10.9. The van der Waals surface area contributed by atoms with Crippen molar-refractivity contribution in [2.24, 2.45) is 0 Å². The lowest BCUT2D eigenvalue weighted by Crippen LogP contribution is -2.23. The fourth-order valence-corrected chi connectivity index (χ4v) is 4.82. The third-order valence-electron chi connectivity index (χ3n) is 7.18. The van der Waals surface area contributed by atoms with E-state index < -0.39 is 5.60 Å². The van der Waals surface area contributed by atoms with Crippen LogP contribution in [0.25, 0.3) is 22.2 Å². The lowest BCUT2D eigenvalue weighted by molar-refractivity contribution is 0.0737. The molecule has 0 aromatic carbocycles. The summed E-state index contributed by atoms with van der Waals surface area (Å²) in [4.78, 5) is 20.3. The molecule has 1 amide bonds. The average molecular weight is 541 g/mol. The number of unbranched alkanes of at least 4 members (excludes halogenated alkanes) is 1. The molecule has 0 saturated heterocycles. The van der Waals surface area contributed by atoms with Crippen molar-refractivity contribution in [3.05, 3.63) is 77.5 Å². The normalized spacial score (nSPS) is 13.7. The van der Waals surface area contributed by atoms with Gasteiger partial charge in [-0.15, -0.1) is 10.2 Å². The summed E-state index contributed by atoms with van der Waals surface area (Å²) in [7, 11) is 0. The van der Waals surface area contributed by atoms with Gasteiger partial charge in [0.2, 0.25) is 0 Å². The van der Waals surface area contributed by atoms with E-state index in [4.69, 9.17) is 4.42 Å². The smallest absolute Gasteiger partial charge is 0.273 e. The van der Waals surface area contributed by atoms with E-state index in [0.29, 0.717) is 24.7 Å². The standard InChI is InChI=1S/C29H32N8O3/c1-29(2,39)24-9-6-18(14-30-24)15-31-28(38)23-16-37(36-34-23)11-4-3-5-21-13-22-25(20-10-12-40-17-20)26(19-7-8-19)32-27(22)35-33-21/h6,9-10,12-14,16-17,19,39H,3-5,7-8,11,15H2,1-2H3,(H,31,38)(H,32,35). The zero-order valence-electron chi connectivity index (χ0n) is 22.6. The van der Waals surface area contributed by atoms with Crippen LogP contribution >= 0.6 is 0 Å². The van der Waals surface area contributed by atoms with Crippen LogP contribution in [0.1, 0.15) is 78.6 Å². The molecule has 1 saturated carbocycles. The van der Waals surface area contributed by atoms with Crippen molar-refractivity contribution in [3.63, 3.8) is 0 Å². The number of rotatable bonds is 11. The van der Waals surface area contributed by atoms with Crippen LogP contribution in [0.4, 0.5) is 0 Å². The zero-order chi connectivity index (χ0) is 27.7. The van der Waals surface area contributed by atoms with Crippen molar-refractivity contribution in [2.75, 3.05) is 0 Å². The molecule has 5 aromatic rings. The molecular formula is C29H32N8O3. The van der Waals surface area contributed by atoms with Gasteiger partial charge in [-0.25, -0.2) is 0 Å². The van der Waals surface area contributed by atoms with Gasteiger partial charge >= 0.3 is 0 Å². The van der Waals surface area contributed by atoms with Crippen LogP contribution in [-0.2, 0) is 25.1 Å². The Morgan fingerprint density at radius 2 is 2.08 bits per heavy atom. The molecule has 5 heterocycles. The molecule has 0 aliphatic heterocycles. The summed E-state index contributed by atoms with van der Waals surface area (Å²) in [6, 6.07) is 7.72. The highest BCUT2D eigenvalue weighted by atomic mass is 16.3. The van der Waals surface area contributed by atoms with Gasteiger partial charge in [0.1, 0.15) is 5.60 Å². The summed E-state index contributed by atoms with van der Waals surface area (Å²) in [5.74, 6) is 0.257. The summed E-state index contributed by atoms with van der Waals surface area (Å²) in [6.45, 7) is 4.31. The highest BCUT2D eigenvalue weighted by molar-refractivity contribution is 5.96. The van der Waals surface area contributed by atoms with Crippen LogP contribution in [0.3, 0.4) is 0 Å². The number of carbonyl (C=O) groups excluding carboxylic acids is 1. The Balaban J connectivity index is 1.01. The highest BCUT2D eigenvalue weighted by Crippen LogP contribution is 2.46. The predicted octanol–water partition coefficient (Wildman–Crippen LogP) is 4.26. The number of hydrogen-bond acceptors (Lipinski definition) is 8.